The molecule has 0 bridgehead atoms. The molecule has 0 aromatic heterocycles. The highest BCUT2D eigenvalue weighted by Gasteiger charge is 2.27. The number of hydrogen-bond acceptors (Lipinski definition) is 11. The van der Waals surface area contributed by atoms with Crippen molar-refractivity contribution in [1.29, 1.82) is 0 Å². The third-order valence-corrected chi connectivity index (χ3v) is 9.24. The Morgan fingerprint density at radius 3 is 2.26 bits per heavy atom. The average molecular weight is 685 g/mol. The van der Waals surface area contributed by atoms with Crippen molar-refractivity contribution in [2.75, 3.05) is 51.8 Å². The van der Waals surface area contributed by atoms with Gasteiger partial charge in [-0.2, -0.15) is 0 Å². The van der Waals surface area contributed by atoms with Crippen molar-refractivity contribution in [3.05, 3.63) is 0 Å². The molecule has 0 aromatic carbocycles. The monoisotopic (exact) mass is 684 g/mol. The first-order chi connectivity index (χ1) is 22.3. The van der Waals surface area contributed by atoms with Crippen molar-refractivity contribution in [2.45, 2.75) is 96.7 Å². The minimum atomic E-state index is -0.656. The predicted octanol–water partition coefficient (Wildman–Crippen LogP) is 0.150. The number of amides is 2. The van der Waals surface area contributed by atoms with E-state index in [1.807, 2.05) is 13.8 Å². The van der Waals surface area contributed by atoms with Gasteiger partial charge in [-0.3, -0.25) is 33.9 Å². The number of likely N-dealkylation sites (N-methyl/N-ethyl adjacent to an activating group) is 2. The van der Waals surface area contributed by atoms with E-state index in [2.05, 4.69) is 20.9 Å². The zero-order valence-corrected chi connectivity index (χ0v) is 29.9. The molecule has 0 unspecified atom stereocenters. The highest BCUT2D eigenvalue weighted by atomic mass is 32.2. The zero-order chi connectivity index (χ0) is 35.8. The highest BCUT2D eigenvalue weighted by molar-refractivity contribution is 8.00. The normalized spacial score (nSPS) is 14.4. The topological polar surface area (TPSA) is 232 Å². The van der Waals surface area contributed by atoms with Crippen LogP contribution in [0.25, 0.3) is 0 Å². The summed E-state index contributed by atoms with van der Waals surface area (Å²) in [6.07, 6.45) is 5.65. The van der Waals surface area contributed by atoms with Gasteiger partial charge in [0.15, 0.2) is 17.5 Å². The van der Waals surface area contributed by atoms with Crippen molar-refractivity contribution in [3.63, 3.8) is 0 Å². The fourth-order valence-corrected chi connectivity index (χ4v) is 5.92. The fourth-order valence-electron chi connectivity index (χ4n) is 4.93. The van der Waals surface area contributed by atoms with Crippen molar-refractivity contribution in [2.24, 2.45) is 34.0 Å². The molecule has 0 fully saturated rings. The molecular weight excluding hydrogens is 624 g/mol. The number of unbranched alkanes of at least 4 members (excludes halogenated alkanes) is 1. The Morgan fingerprint density at radius 1 is 0.979 bits per heavy atom. The summed E-state index contributed by atoms with van der Waals surface area (Å²) < 4.78 is 0. The number of aliphatic imine (C=N–C) groups is 1. The van der Waals surface area contributed by atoms with Crippen LogP contribution in [0.4, 0.5) is 0 Å². The molecule has 2 amide bonds. The SMILES string of the molecule is CC[C@H](C)[C@H](NC(=O)CCNC(=O)CSC[C@H](NC)C(=O)CN(C)[C@H](C=O)CCCN=C(N)N)C(=O)CC[C@@H](CCCCN)C(C)=O. The molecule has 0 aromatic rings. The molecule has 270 valence electrons. The molecule has 0 saturated heterocycles. The van der Waals surface area contributed by atoms with Gasteiger partial charge in [0.1, 0.15) is 12.1 Å². The van der Waals surface area contributed by atoms with Crippen LogP contribution >= 0.6 is 11.8 Å². The summed E-state index contributed by atoms with van der Waals surface area (Å²) in [7, 11) is 3.37. The minimum absolute atomic E-state index is 0.00864. The summed E-state index contributed by atoms with van der Waals surface area (Å²) in [4.78, 5) is 80.2. The summed E-state index contributed by atoms with van der Waals surface area (Å²) in [6, 6.07) is -1.62. The summed E-state index contributed by atoms with van der Waals surface area (Å²) in [5, 5.41) is 8.52. The van der Waals surface area contributed by atoms with Gasteiger partial charge in [0.05, 0.1) is 30.4 Å². The lowest BCUT2D eigenvalue weighted by molar-refractivity contribution is -0.129. The lowest BCUT2D eigenvalue weighted by atomic mass is 9.88. The molecule has 5 atom stereocenters. The van der Waals surface area contributed by atoms with Crippen molar-refractivity contribution < 1.29 is 28.8 Å². The van der Waals surface area contributed by atoms with E-state index in [9.17, 15) is 28.8 Å². The summed E-state index contributed by atoms with van der Waals surface area (Å²) in [5.74, 6) is -0.579. The number of ketones is 3. The molecule has 0 saturated carbocycles. The average Bonchev–Trinajstić information content (AvgIpc) is 3.02. The Bertz CT molecular complexity index is 1010. The first kappa shape index (κ1) is 44.1. The number of hydrogen-bond donors (Lipinski definition) is 6. The van der Waals surface area contributed by atoms with Crippen LogP contribution < -0.4 is 33.2 Å². The number of Topliss-reactive ketones (excluding diaryl/α,β-unsaturated/α-hetero) is 3. The van der Waals surface area contributed by atoms with E-state index in [4.69, 9.17) is 17.2 Å². The first-order valence-electron chi connectivity index (χ1n) is 16.6. The second kappa shape index (κ2) is 26.1. The second-order valence-corrected chi connectivity index (χ2v) is 13.0. The predicted molar refractivity (Wildman–Crippen MR) is 188 cm³/mol. The summed E-state index contributed by atoms with van der Waals surface area (Å²) in [6.45, 7) is 6.54. The molecule has 0 rings (SSSR count). The van der Waals surface area contributed by atoms with E-state index >= 15 is 0 Å². The van der Waals surface area contributed by atoms with Gasteiger partial charge in [-0.25, -0.2) is 0 Å². The lowest BCUT2D eigenvalue weighted by Gasteiger charge is -2.25. The lowest BCUT2D eigenvalue weighted by Crippen LogP contribution is -2.46. The number of nitrogens with one attached hydrogen (secondary N) is 3. The van der Waals surface area contributed by atoms with Gasteiger partial charge in [0.25, 0.3) is 0 Å². The van der Waals surface area contributed by atoms with E-state index in [-0.39, 0.29) is 78.6 Å². The molecule has 0 radical (unpaired) electrons. The molecule has 14 nitrogen and oxygen atoms in total. The van der Waals surface area contributed by atoms with Crippen LogP contribution in [0.15, 0.2) is 4.99 Å². The van der Waals surface area contributed by atoms with Gasteiger partial charge in [0.2, 0.25) is 11.8 Å². The van der Waals surface area contributed by atoms with Crippen molar-refractivity contribution in [3.8, 4) is 0 Å². The quantitative estimate of drug-likeness (QED) is 0.0268. The number of rotatable bonds is 29. The third kappa shape index (κ3) is 20.2. The Labute approximate surface area is 284 Å². The molecule has 0 spiro atoms. The molecule has 15 heteroatoms. The first-order valence-corrected chi connectivity index (χ1v) is 17.7. The second-order valence-electron chi connectivity index (χ2n) is 12.0. The molecule has 47 heavy (non-hydrogen) atoms. The maximum atomic E-state index is 13.1. The van der Waals surface area contributed by atoms with Crippen molar-refractivity contribution in [1.82, 2.24) is 20.9 Å². The minimum Gasteiger partial charge on any atom is -0.370 e. The van der Waals surface area contributed by atoms with Crippen LogP contribution in [-0.4, -0.2) is 116 Å². The summed E-state index contributed by atoms with van der Waals surface area (Å²) in [5.41, 5.74) is 16.2. The van der Waals surface area contributed by atoms with E-state index in [1.54, 1.807) is 25.9 Å². The zero-order valence-electron chi connectivity index (χ0n) is 29.1. The molecule has 0 heterocycles. The van der Waals surface area contributed by atoms with Crippen LogP contribution in [0, 0.1) is 11.8 Å². The Hall–Kier alpha value is -2.88. The van der Waals surface area contributed by atoms with Crippen LogP contribution in [0.2, 0.25) is 0 Å². The van der Waals surface area contributed by atoms with Crippen LogP contribution in [-0.2, 0) is 28.8 Å². The maximum absolute atomic E-state index is 13.1. The molecule has 0 aliphatic carbocycles. The number of aldehydes is 1. The van der Waals surface area contributed by atoms with Gasteiger partial charge >= 0.3 is 0 Å². The number of guanidine groups is 1. The molecule has 0 aliphatic heterocycles. The number of nitrogens with two attached hydrogens (primary N) is 3. The molecule has 0 aliphatic rings. The molecular formula is C32H60N8O6S. The smallest absolute Gasteiger partial charge is 0.230 e. The van der Waals surface area contributed by atoms with E-state index in [1.165, 1.54) is 11.8 Å². The number of thioether (sulfide) groups is 1. The van der Waals surface area contributed by atoms with Crippen LogP contribution in [0.5, 0.6) is 0 Å². The molecule has 9 N–H and O–H groups in total. The van der Waals surface area contributed by atoms with Crippen molar-refractivity contribution >= 4 is 53.2 Å². The van der Waals surface area contributed by atoms with Gasteiger partial charge < -0.3 is 37.9 Å². The third-order valence-electron chi connectivity index (χ3n) is 8.21. The Balaban J connectivity index is 4.67. The number of carbonyl (C=O) groups is 6. The fraction of sp³-hybridized carbons (Fsp3) is 0.781. The Morgan fingerprint density at radius 2 is 1.68 bits per heavy atom. The van der Waals surface area contributed by atoms with E-state index in [0.29, 0.717) is 50.9 Å². The standard InChI is InChI=1S/C32H60N8O6S/c1-6-22(2)31(27(43)13-12-24(23(3)42)10-7-8-15-33)39-29(45)14-17-37-30(46)21-47-20-26(36-4)28(44)18-40(5)25(19-41)11-9-16-38-32(34)35/h19,22,24-26,31,36H,6-18,20-21,33H2,1-5H3,(H,37,46)(H,39,45)(H4,34,35,38)/t22-,24+,25-,26-,31-/m0/s1. The number of carbonyl (C=O) groups excluding carboxylic acids is 6. The van der Waals surface area contributed by atoms with Crippen LogP contribution in [0.3, 0.4) is 0 Å². The number of nitrogens with zero attached hydrogens (tertiary/aromatic N) is 2. The summed E-state index contributed by atoms with van der Waals surface area (Å²) >= 11 is 1.28. The van der Waals surface area contributed by atoms with E-state index < -0.39 is 18.1 Å². The van der Waals surface area contributed by atoms with Crippen LogP contribution in [0.1, 0.15) is 78.6 Å². The maximum Gasteiger partial charge on any atom is 0.230 e. The van der Waals surface area contributed by atoms with Gasteiger partial charge in [-0.05, 0) is 65.6 Å². The highest BCUT2D eigenvalue weighted by Crippen LogP contribution is 2.19. The van der Waals surface area contributed by atoms with E-state index in [0.717, 1.165) is 19.1 Å². The van der Waals surface area contributed by atoms with Gasteiger partial charge in [-0.15, -0.1) is 11.8 Å². The largest absolute Gasteiger partial charge is 0.370 e. The Kier molecular flexibility index (Phi) is 24.5. The van der Waals surface area contributed by atoms with Gasteiger partial charge in [-0.1, -0.05) is 26.7 Å². The van der Waals surface area contributed by atoms with Gasteiger partial charge in [0, 0.05) is 37.6 Å².